The van der Waals surface area contributed by atoms with E-state index in [0.29, 0.717) is 31.0 Å². The summed E-state index contributed by atoms with van der Waals surface area (Å²) in [5.41, 5.74) is 2.32. The van der Waals surface area contributed by atoms with Crippen molar-refractivity contribution in [1.29, 1.82) is 0 Å². The fraction of sp³-hybridized carbons (Fsp3) is 0.429. The number of Topliss-reactive ketones (excluding diaryl/α,β-unsaturated/α-hetero) is 1. The number of benzene rings is 2. The summed E-state index contributed by atoms with van der Waals surface area (Å²) in [6, 6.07) is 12.2. The Morgan fingerprint density at radius 2 is 2.00 bits per heavy atom. The van der Waals surface area contributed by atoms with Gasteiger partial charge in [0.05, 0.1) is 18.2 Å². The van der Waals surface area contributed by atoms with Crippen molar-refractivity contribution in [3.8, 4) is 11.5 Å². The van der Waals surface area contributed by atoms with Crippen LogP contribution in [0.15, 0.2) is 48.0 Å². The van der Waals surface area contributed by atoms with Gasteiger partial charge in [0.1, 0.15) is 23.4 Å². The highest BCUT2D eigenvalue weighted by atomic mass is 16.5. The zero-order chi connectivity index (χ0) is 25.1. The van der Waals surface area contributed by atoms with Gasteiger partial charge in [-0.2, -0.15) is 0 Å². The van der Waals surface area contributed by atoms with E-state index in [1.807, 2.05) is 62.3 Å². The third-order valence-electron chi connectivity index (χ3n) is 6.44. The van der Waals surface area contributed by atoms with Gasteiger partial charge in [-0.25, -0.2) is 0 Å². The Labute approximate surface area is 206 Å². The average Bonchev–Trinajstić information content (AvgIpc) is 3.33. The van der Waals surface area contributed by atoms with Crippen LogP contribution >= 0.6 is 0 Å². The van der Waals surface area contributed by atoms with Gasteiger partial charge in [0, 0.05) is 25.1 Å². The molecule has 1 saturated heterocycles. The molecule has 0 radical (unpaired) electrons. The molecule has 0 unspecified atom stereocenters. The maximum Gasteiger partial charge on any atom is 0.295 e. The summed E-state index contributed by atoms with van der Waals surface area (Å²) in [6.45, 7) is 5.63. The Balaban J connectivity index is 1.77. The van der Waals surface area contributed by atoms with Crippen molar-refractivity contribution in [2.24, 2.45) is 0 Å². The molecular formula is C28H34N2O5. The molecule has 2 heterocycles. The molecule has 1 amide bonds. The topological polar surface area (TPSA) is 79.3 Å². The molecule has 2 aliphatic rings. The number of ether oxygens (including phenoxy) is 2. The van der Waals surface area contributed by atoms with E-state index in [1.165, 1.54) is 0 Å². The van der Waals surface area contributed by atoms with Crippen molar-refractivity contribution >= 4 is 17.4 Å². The number of ketones is 1. The predicted molar refractivity (Wildman–Crippen MR) is 135 cm³/mol. The van der Waals surface area contributed by atoms with Crippen LogP contribution in [0.25, 0.3) is 5.76 Å². The van der Waals surface area contributed by atoms with Crippen LogP contribution in [-0.2, 0) is 16.0 Å². The Morgan fingerprint density at radius 1 is 1.20 bits per heavy atom. The average molecular weight is 479 g/mol. The summed E-state index contributed by atoms with van der Waals surface area (Å²) in [5.74, 6) is 0.0228. The van der Waals surface area contributed by atoms with E-state index in [4.69, 9.17) is 9.47 Å². The number of carbonyl (C=O) groups is 2. The number of unbranched alkanes of at least 4 members (excludes halogenated alkanes) is 1. The van der Waals surface area contributed by atoms with Crippen molar-refractivity contribution in [3.05, 3.63) is 64.7 Å². The molecular weight excluding hydrogens is 444 g/mol. The van der Waals surface area contributed by atoms with Gasteiger partial charge in [0.25, 0.3) is 11.7 Å². The first kappa shape index (κ1) is 24.8. The minimum Gasteiger partial charge on any atom is -0.507 e. The monoisotopic (exact) mass is 478 g/mol. The van der Waals surface area contributed by atoms with Crippen molar-refractivity contribution in [2.75, 3.05) is 33.8 Å². The van der Waals surface area contributed by atoms with Gasteiger partial charge in [-0.3, -0.25) is 9.59 Å². The van der Waals surface area contributed by atoms with E-state index in [1.54, 1.807) is 11.0 Å². The van der Waals surface area contributed by atoms with Crippen LogP contribution in [0.2, 0.25) is 0 Å². The summed E-state index contributed by atoms with van der Waals surface area (Å²) < 4.78 is 11.7. The van der Waals surface area contributed by atoms with Crippen molar-refractivity contribution in [1.82, 2.24) is 9.80 Å². The largest absolute Gasteiger partial charge is 0.507 e. The van der Waals surface area contributed by atoms with Crippen LogP contribution in [0.3, 0.4) is 0 Å². The lowest BCUT2D eigenvalue weighted by molar-refractivity contribution is -0.140. The van der Waals surface area contributed by atoms with Crippen LogP contribution < -0.4 is 9.47 Å². The summed E-state index contributed by atoms with van der Waals surface area (Å²) in [7, 11) is 3.84. The molecule has 7 heteroatoms. The first-order valence-electron chi connectivity index (χ1n) is 12.3. The lowest BCUT2D eigenvalue weighted by atomic mass is 9.94. The quantitative estimate of drug-likeness (QED) is 0.252. The molecule has 35 heavy (non-hydrogen) atoms. The summed E-state index contributed by atoms with van der Waals surface area (Å²) in [4.78, 5) is 29.9. The molecule has 1 fully saturated rings. The number of nitrogens with zero attached hydrogens (tertiary/aromatic N) is 2. The first-order valence-corrected chi connectivity index (χ1v) is 12.3. The van der Waals surface area contributed by atoms with E-state index in [9.17, 15) is 14.7 Å². The highest BCUT2D eigenvalue weighted by molar-refractivity contribution is 6.46. The van der Waals surface area contributed by atoms with Crippen molar-refractivity contribution in [3.63, 3.8) is 0 Å². The predicted octanol–water partition coefficient (Wildman–Crippen LogP) is 4.17. The minimum absolute atomic E-state index is 0.0643. The fourth-order valence-corrected chi connectivity index (χ4v) is 4.60. The van der Waals surface area contributed by atoms with Gasteiger partial charge in [0.15, 0.2) is 0 Å². The normalized spacial score (nSPS) is 20.9. The molecule has 1 N–H and O–H groups in total. The number of hydrogen-bond acceptors (Lipinski definition) is 6. The molecule has 0 spiro atoms. The number of fused-ring (bicyclic) bond motifs is 1. The van der Waals surface area contributed by atoms with E-state index in [2.05, 4.69) is 6.92 Å². The SMILES string of the molecule is CCCCOc1cccc([C@@H]2C(=C(O)c3ccc4c(c3)C[C@H](C)O4)C(=O)C(=O)N2CCN(C)C)c1. The molecule has 2 aromatic rings. The van der Waals surface area contributed by atoms with E-state index < -0.39 is 17.7 Å². The molecule has 0 aliphatic carbocycles. The maximum absolute atomic E-state index is 13.3. The molecule has 4 rings (SSSR count). The summed E-state index contributed by atoms with van der Waals surface area (Å²) >= 11 is 0. The van der Waals surface area contributed by atoms with Crippen molar-refractivity contribution in [2.45, 2.75) is 45.3 Å². The molecule has 2 aromatic carbocycles. The second-order valence-electron chi connectivity index (χ2n) is 9.53. The number of likely N-dealkylation sites (tertiary alicyclic amines) is 1. The standard InChI is InChI=1S/C28H34N2O5/c1-5-6-14-34-22-9-7-8-19(17-22)25-24(27(32)28(33)30(25)13-12-29(3)4)26(31)20-10-11-23-21(16-20)15-18(2)35-23/h7-11,16-18,25,31H,5-6,12-15H2,1-4H3/t18-,25+/m0/s1. The Bertz CT molecular complexity index is 1140. The van der Waals surface area contributed by atoms with Gasteiger partial charge in [-0.15, -0.1) is 0 Å². The highest BCUT2D eigenvalue weighted by Crippen LogP contribution is 2.41. The number of likely N-dealkylation sites (N-methyl/N-ethyl adjacent to an activating group) is 1. The number of amides is 1. The Morgan fingerprint density at radius 3 is 2.74 bits per heavy atom. The van der Waals surface area contributed by atoms with E-state index >= 15 is 0 Å². The summed E-state index contributed by atoms with van der Waals surface area (Å²) in [5, 5.41) is 11.4. The molecule has 0 bridgehead atoms. The van der Waals surface area contributed by atoms with Gasteiger partial charge < -0.3 is 24.4 Å². The van der Waals surface area contributed by atoms with Gasteiger partial charge in [-0.1, -0.05) is 25.5 Å². The zero-order valence-corrected chi connectivity index (χ0v) is 20.9. The van der Waals surface area contributed by atoms with Crippen LogP contribution in [0.5, 0.6) is 11.5 Å². The lowest BCUT2D eigenvalue weighted by Crippen LogP contribution is -2.35. The van der Waals surface area contributed by atoms with Crippen LogP contribution in [0.1, 0.15) is 49.4 Å². The van der Waals surface area contributed by atoms with Gasteiger partial charge in [-0.05, 0) is 68.9 Å². The van der Waals surface area contributed by atoms with Crippen LogP contribution in [0, 0.1) is 0 Å². The smallest absolute Gasteiger partial charge is 0.295 e. The minimum atomic E-state index is -0.701. The molecule has 2 aliphatic heterocycles. The van der Waals surface area contributed by atoms with Crippen molar-refractivity contribution < 1.29 is 24.2 Å². The number of carbonyl (C=O) groups excluding carboxylic acids is 2. The lowest BCUT2D eigenvalue weighted by Gasteiger charge is -2.27. The molecule has 186 valence electrons. The second-order valence-corrected chi connectivity index (χ2v) is 9.53. The molecule has 0 saturated carbocycles. The maximum atomic E-state index is 13.3. The number of rotatable bonds is 9. The summed E-state index contributed by atoms with van der Waals surface area (Å²) in [6.07, 6.45) is 2.75. The van der Waals surface area contributed by atoms with Gasteiger partial charge >= 0.3 is 0 Å². The molecule has 7 nitrogen and oxygen atoms in total. The van der Waals surface area contributed by atoms with Crippen LogP contribution in [-0.4, -0.2) is 66.5 Å². The third kappa shape index (κ3) is 5.20. The van der Waals surface area contributed by atoms with Crippen LogP contribution in [0.4, 0.5) is 0 Å². The molecule has 2 atom stereocenters. The zero-order valence-electron chi connectivity index (χ0n) is 20.9. The highest BCUT2D eigenvalue weighted by Gasteiger charge is 2.46. The number of aliphatic hydroxyl groups excluding tert-OH is 1. The number of aliphatic hydroxyl groups is 1. The van der Waals surface area contributed by atoms with E-state index in [-0.39, 0.29) is 17.4 Å². The van der Waals surface area contributed by atoms with E-state index in [0.717, 1.165) is 36.1 Å². The third-order valence-corrected chi connectivity index (χ3v) is 6.44. The Hall–Kier alpha value is -3.32. The van der Waals surface area contributed by atoms with Gasteiger partial charge in [0.2, 0.25) is 0 Å². The Kier molecular flexibility index (Phi) is 7.45. The second kappa shape index (κ2) is 10.5. The number of hydrogen-bond donors (Lipinski definition) is 1. The first-order chi connectivity index (χ1) is 16.8. The molecule has 0 aromatic heterocycles. The fourth-order valence-electron chi connectivity index (χ4n) is 4.60.